The molecule has 1 atom stereocenters. The van der Waals surface area contributed by atoms with Crippen LogP contribution in [-0.4, -0.2) is 30.1 Å². The molecule has 0 amide bonds. The lowest BCUT2D eigenvalue weighted by Crippen LogP contribution is -2.37. The third-order valence-electron chi connectivity index (χ3n) is 3.08. The van der Waals surface area contributed by atoms with Gasteiger partial charge in [0.2, 0.25) is 0 Å². The second-order valence-electron chi connectivity index (χ2n) is 4.66. The Balaban J connectivity index is 1.80. The van der Waals surface area contributed by atoms with Crippen molar-refractivity contribution in [1.82, 2.24) is 10.7 Å². The van der Waals surface area contributed by atoms with Gasteiger partial charge in [0.1, 0.15) is 0 Å². The lowest BCUT2D eigenvalue weighted by molar-refractivity contribution is 0.114. The summed E-state index contributed by atoms with van der Waals surface area (Å²) in [4.78, 5) is 0. The number of ether oxygens (including phenoxy) is 1. The van der Waals surface area contributed by atoms with Gasteiger partial charge in [0.25, 0.3) is 0 Å². The number of rotatable bonds is 4. The zero-order valence-electron chi connectivity index (χ0n) is 11.4. The van der Waals surface area contributed by atoms with Crippen LogP contribution in [0.4, 0.5) is 0 Å². The summed E-state index contributed by atoms with van der Waals surface area (Å²) in [6.07, 6.45) is 2.46. The molecule has 2 N–H and O–H groups in total. The quantitative estimate of drug-likeness (QED) is 0.510. The number of nitrogens with one attached hydrogen (secondary N) is 2. The van der Waals surface area contributed by atoms with Gasteiger partial charge in [-0.25, -0.2) is 0 Å². The molecule has 4 nitrogen and oxygen atoms in total. The maximum absolute atomic E-state index is 5.95. The minimum Gasteiger partial charge on any atom is -0.376 e. The number of hydrazone groups is 1. The van der Waals surface area contributed by atoms with Crippen molar-refractivity contribution in [2.75, 3.05) is 13.2 Å². The molecule has 0 aromatic heterocycles. The molecule has 0 saturated carbocycles. The number of hydrogen-bond donors (Lipinski definition) is 2. The lowest BCUT2D eigenvalue weighted by atomic mass is 10.1. The van der Waals surface area contributed by atoms with E-state index in [4.69, 9.17) is 28.6 Å². The Morgan fingerprint density at radius 2 is 2.40 bits per heavy atom. The molecular weight excluding hydrogens is 294 g/mol. The van der Waals surface area contributed by atoms with E-state index < -0.39 is 0 Å². The Labute approximate surface area is 129 Å². The molecule has 1 aromatic carbocycles. The number of thiocarbonyl (C=S) groups is 1. The molecule has 1 fully saturated rings. The Morgan fingerprint density at radius 1 is 1.55 bits per heavy atom. The molecule has 108 valence electrons. The zero-order chi connectivity index (χ0) is 14.4. The van der Waals surface area contributed by atoms with Crippen LogP contribution in [0.5, 0.6) is 0 Å². The van der Waals surface area contributed by atoms with Crippen LogP contribution < -0.4 is 10.7 Å². The van der Waals surface area contributed by atoms with Gasteiger partial charge in [0.15, 0.2) is 5.11 Å². The van der Waals surface area contributed by atoms with Crippen LogP contribution in [0.1, 0.15) is 25.3 Å². The average molecular weight is 312 g/mol. The maximum atomic E-state index is 5.95. The molecule has 6 heteroatoms. The molecule has 0 unspecified atom stereocenters. The van der Waals surface area contributed by atoms with E-state index in [2.05, 4.69) is 15.8 Å². The lowest BCUT2D eigenvalue weighted by Gasteiger charge is -2.12. The summed E-state index contributed by atoms with van der Waals surface area (Å²) in [6, 6.07) is 7.55. The third kappa shape index (κ3) is 4.74. The summed E-state index contributed by atoms with van der Waals surface area (Å²) < 4.78 is 5.51. The Kier molecular flexibility index (Phi) is 5.76. The van der Waals surface area contributed by atoms with Crippen molar-refractivity contribution < 1.29 is 4.74 Å². The number of hydrogen-bond acceptors (Lipinski definition) is 3. The second-order valence-corrected chi connectivity index (χ2v) is 5.51. The van der Waals surface area contributed by atoms with Crippen molar-refractivity contribution in [2.45, 2.75) is 25.9 Å². The van der Waals surface area contributed by atoms with Crippen molar-refractivity contribution >= 4 is 34.6 Å². The van der Waals surface area contributed by atoms with Crippen molar-refractivity contribution in [3.05, 3.63) is 34.9 Å². The van der Waals surface area contributed by atoms with Gasteiger partial charge in [-0.3, -0.25) is 5.43 Å². The highest BCUT2D eigenvalue weighted by atomic mass is 35.5. The van der Waals surface area contributed by atoms with Crippen LogP contribution in [0, 0.1) is 0 Å². The first-order chi connectivity index (χ1) is 9.65. The van der Waals surface area contributed by atoms with E-state index in [-0.39, 0.29) is 6.10 Å². The molecule has 0 radical (unpaired) electrons. The molecule has 0 aliphatic carbocycles. The smallest absolute Gasteiger partial charge is 0.187 e. The van der Waals surface area contributed by atoms with Crippen molar-refractivity contribution in [1.29, 1.82) is 0 Å². The van der Waals surface area contributed by atoms with Gasteiger partial charge < -0.3 is 10.1 Å². The minimum atomic E-state index is 0.257. The van der Waals surface area contributed by atoms with Crippen LogP contribution in [0.15, 0.2) is 29.4 Å². The van der Waals surface area contributed by atoms with Crippen LogP contribution in [0.2, 0.25) is 5.02 Å². The van der Waals surface area contributed by atoms with Gasteiger partial charge in [-0.2, -0.15) is 5.10 Å². The molecule has 1 aromatic rings. The molecule has 0 spiro atoms. The van der Waals surface area contributed by atoms with E-state index in [9.17, 15) is 0 Å². The van der Waals surface area contributed by atoms with Crippen molar-refractivity contribution in [3.8, 4) is 0 Å². The van der Waals surface area contributed by atoms with Crippen molar-refractivity contribution in [3.63, 3.8) is 0 Å². The molecule has 1 aliphatic heterocycles. The van der Waals surface area contributed by atoms with E-state index in [0.717, 1.165) is 37.3 Å². The highest BCUT2D eigenvalue weighted by molar-refractivity contribution is 7.80. The topological polar surface area (TPSA) is 45.7 Å². The van der Waals surface area contributed by atoms with Gasteiger partial charge >= 0.3 is 0 Å². The fourth-order valence-electron chi connectivity index (χ4n) is 1.96. The molecule has 0 bridgehead atoms. The monoisotopic (exact) mass is 311 g/mol. The average Bonchev–Trinajstić information content (AvgIpc) is 2.95. The van der Waals surface area contributed by atoms with E-state index in [1.807, 2.05) is 31.2 Å². The molecule has 2 rings (SSSR count). The molecule has 1 heterocycles. The highest BCUT2D eigenvalue weighted by Crippen LogP contribution is 2.11. The fourth-order valence-corrected chi connectivity index (χ4v) is 2.28. The number of nitrogens with zero attached hydrogens (tertiary/aromatic N) is 1. The van der Waals surface area contributed by atoms with Crippen molar-refractivity contribution in [2.24, 2.45) is 5.10 Å². The van der Waals surface area contributed by atoms with Gasteiger partial charge in [-0.15, -0.1) is 0 Å². The summed E-state index contributed by atoms with van der Waals surface area (Å²) in [5.41, 5.74) is 4.63. The van der Waals surface area contributed by atoms with E-state index in [1.54, 1.807) is 0 Å². The van der Waals surface area contributed by atoms with E-state index >= 15 is 0 Å². The first-order valence-corrected chi connectivity index (χ1v) is 7.39. The Bertz CT molecular complexity index is 501. The zero-order valence-corrected chi connectivity index (χ0v) is 12.9. The predicted octanol–water partition coefficient (Wildman–Crippen LogP) is 2.71. The van der Waals surface area contributed by atoms with Gasteiger partial charge in [0.05, 0.1) is 11.8 Å². The summed E-state index contributed by atoms with van der Waals surface area (Å²) in [5, 5.41) is 8.54. The maximum Gasteiger partial charge on any atom is 0.187 e. The summed E-state index contributed by atoms with van der Waals surface area (Å²) in [6.45, 7) is 3.47. The van der Waals surface area contributed by atoms with Crippen LogP contribution in [-0.2, 0) is 4.74 Å². The Hall–Kier alpha value is -1.17. The fraction of sp³-hybridized carbons (Fsp3) is 0.429. The summed E-state index contributed by atoms with van der Waals surface area (Å²) in [7, 11) is 0. The van der Waals surface area contributed by atoms with Crippen LogP contribution >= 0.6 is 23.8 Å². The van der Waals surface area contributed by atoms with Crippen LogP contribution in [0.3, 0.4) is 0 Å². The largest absolute Gasteiger partial charge is 0.376 e. The van der Waals surface area contributed by atoms with Gasteiger partial charge in [-0.1, -0.05) is 23.7 Å². The normalized spacial score (nSPS) is 18.9. The van der Waals surface area contributed by atoms with E-state index in [1.165, 1.54) is 0 Å². The summed E-state index contributed by atoms with van der Waals surface area (Å²) in [5.74, 6) is 0. The molecule has 1 aliphatic rings. The Morgan fingerprint density at radius 3 is 3.10 bits per heavy atom. The summed E-state index contributed by atoms with van der Waals surface area (Å²) >= 11 is 11.1. The van der Waals surface area contributed by atoms with Gasteiger partial charge in [0, 0.05) is 18.2 Å². The predicted molar refractivity (Wildman–Crippen MR) is 86.4 cm³/mol. The number of halogens is 1. The first kappa shape index (κ1) is 15.2. The highest BCUT2D eigenvalue weighted by Gasteiger charge is 2.15. The first-order valence-electron chi connectivity index (χ1n) is 6.61. The molecule has 20 heavy (non-hydrogen) atoms. The molecular formula is C14H18ClN3OS. The SMILES string of the molecule is C/C(=N/NC(=S)NC[C@@H]1CCCO1)c1cccc(Cl)c1. The van der Waals surface area contributed by atoms with Gasteiger partial charge in [-0.05, 0) is 49.7 Å². The van der Waals surface area contributed by atoms with E-state index in [0.29, 0.717) is 10.1 Å². The second kappa shape index (κ2) is 7.57. The third-order valence-corrected chi connectivity index (χ3v) is 3.55. The molecule has 1 saturated heterocycles. The minimum absolute atomic E-state index is 0.257. The standard InChI is InChI=1S/C14H18ClN3OS/c1-10(11-4-2-5-12(15)8-11)17-18-14(20)16-9-13-6-3-7-19-13/h2,4-5,8,13H,3,6-7,9H2,1H3,(H2,16,18,20)/b17-10-/t13-/m0/s1. The van der Waals surface area contributed by atoms with Crippen LogP contribution in [0.25, 0.3) is 0 Å². The number of benzene rings is 1.